The van der Waals surface area contributed by atoms with E-state index in [-0.39, 0.29) is 5.56 Å². The maximum Gasteiger partial charge on any atom is 0.142 e. The zero-order valence-corrected chi connectivity index (χ0v) is 15.1. The summed E-state index contributed by atoms with van der Waals surface area (Å²) in [5.41, 5.74) is 3.25. The molecule has 24 heavy (non-hydrogen) atoms. The van der Waals surface area contributed by atoms with Crippen molar-refractivity contribution in [1.82, 2.24) is 0 Å². The summed E-state index contributed by atoms with van der Waals surface area (Å²) in [6.45, 7) is 1.65. The highest BCUT2D eigenvalue weighted by Gasteiger charge is 2.07. The molecule has 0 nitrogen and oxygen atoms in total. The van der Waals surface area contributed by atoms with Gasteiger partial charge >= 0.3 is 0 Å². The molecule has 3 aromatic rings. The summed E-state index contributed by atoms with van der Waals surface area (Å²) in [6, 6.07) is 18.4. The van der Waals surface area contributed by atoms with Gasteiger partial charge in [0.25, 0.3) is 0 Å². The third-order valence-electron chi connectivity index (χ3n) is 3.58. The van der Waals surface area contributed by atoms with Crippen LogP contribution in [-0.2, 0) is 0 Å². The molecule has 0 unspecified atom stereocenters. The van der Waals surface area contributed by atoms with Gasteiger partial charge in [0.2, 0.25) is 0 Å². The van der Waals surface area contributed by atoms with Crippen molar-refractivity contribution in [3.63, 3.8) is 0 Å². The van der Waals surface area contributed by atoms with E-state index in [4.69, 9.17) is 0 Å². The summed E-state index contributed by atoms with van der Waals surface area (Å²) in [4.78, 5) is 0. The monoisotopic (exact) mass is 430 g/mol. The maximum atomic E-state index is 13.8. The minimum atomic E-state index is -0.629. The molecule has 0 radical (unpaired) electrons. The quantitative estimate of drug-likeness (QED) is 0.331. The second kappa shape index (κ2) is 7.14. The van der Waals surface area contributed by atoms with Gasteiger partial charge in [-0.1, -0.05) is 36.1 Å². The molecule has 0 aromatic heterocycles. The Morgan fingerprint density at radius 3 is 1.79 bits per heavy atom. The predicted molar refractivity (Wildman–Crippen MR) is 102 cm³/mol. The van der Waals surface area contributed by atoms with Crippen LogP contribution < -0.4 is 0 Å². The lowest BCUT2D eigenvalue weighted by atomic mass is 10.0. The summed E-state index contributed by atoms with van der Waals surface area (Å²) in [5.74, 6) is 4.15. The largest absolute Gasteiger partial charge is 0.206 e. The standard InChI is InChI=1S/C21H13F2I/c1-14-12-20(22)19(21(23)13-14)11-4-15-2-5-16(6-3-15)17-7-9-18(24)10-8-17/h2-3,5-10,12-13H,1H3. The van der Waals surface area contributed by atoms with Crippen molar-refractivity contribution in [2.75, 3.05) is 0 Å². The van der Waals surface area contributed by atoms with Crippen molar-refractivity contribution in [2.24, 2.45) is 0 Å². The number of halogens is 3. The van der Waals surface area contributed by atoms with Gasteiger partial charge in [0.05, 0.1) is 5.56 Å². The molecular weight excluding hydrogens is 417 g/mol. The molecule has 0 aliphatic rings. The second-order valence-corrected chi connectivity index (χ2v) is 6.68. The second-order valence-electron chi connectivity index (χ2n) is 5.44. The van der Waals surface area contributed by atoms with E-state index in [1.54, 1.807) is 6.92 Å². The lowest BCUT2D eigenvalue weighted by Crippen LogP contribution is -1.91. The predicted octanol–water partition coefficient (Wildman–Crippen LogP) is 5.94. The SMILES string of the molecule is Cc1cc(F)c(C#Cc2ccc(-c3ccc(I)cc3)cc2)c(F)c1. The van der Waals surface area contributed by atoms with Crippen LogP contribution in [0.5, 0.6) is 0 Å². The number of aryl methyl sites for hydroxylation is 1. The highest BCUT2D eigenvalue weighted by atomic mass is 127. The van der Waals surface area contributed by atoms with Crippen molar-refractivity contribution < 1.29 is 8.78 Å². The fourth-order valence-electron chi connectivity index (χ4n) is 2.34. The van der Waals surface area contributed by atoms with Crippen molar-refractivity contribution in [3.05, 3.63) is 92.6 Å². The number of hydrogen-bond acceptors (Lipinski definition) is 0. The Balaban J connectivity index is 1.87. The van der Waals surface area contributed by atoms with Gasteiger partial charge in [-0.05, 0) is 82.6 Å². The van der Waals surface area contributed by atoms with Gasteiger partial charge in [0.15, 0.2) is 0 Å². The smallest absolute Gasteiger partial charge is 0.142 e. The lowest BCUT2D eigenvalue weighted by Gasteiger charge is -2.02. The van der Waals surface area contributed by atoms with Crippen LogP contribution in [0, 0.1) is 34.0 Å². The Bertz CT molecular complexity index is 907. The minimum Gasteiger partial charge on any atom is -0.206 e. The highest BCUT2D eigenvalue weighted by molar-refractivity contribution is 14.1. The van der Waals surface area contributed by atoms with Crippen molar-refractivity contribution in [3.8, 4) is 23.0 Å². The molecule has 0 spiro atoms. The lowest BCUT2D eigenvalue weighted by molar-refractivity contribution is 0.575. The van der Waals surface area contributed by atoms with Crippen LogP contribution in [0.1, 0.15) is 16.7 Å². The van der Waals surface area contributed by atoms with Gasteiger partial charge in [0.1, 0.15) is 11.6 Å². The summed E-state index contributed by atoms with van der Waals surface area (Å²) < 4.78 is 28.8. The van der Waals surface area contributed by atoms with E-state index in [0.717, 1.165) is 11.1 Å². The van der Waals surface area contributed by atoms with Crippen molar-refractivity contribution in [1.29, 1.82) is 0 Å². The normalized spacial score (nSPS) is 10.2. The Labute approximate surface area is 153 Å². The Morgan fingerprint density at radius 2 is 1.25 bits per heavy atom. The third-order valence-corrected chi connectivity index (χ3v) is 4.30. The van der Waals surface area contributed by atoms with E-state index in [1.165, 1.54) is 15.7 Å². The molecule has 0 atom stereocenters. The van der Waals surface area contributed by atoms with Crippen LogP contribution in [-0.4, -0.2) is 0 Å². The van der Waals surface area contributed by atoms with E-state index >= 15 is 0 Å². The maximum absolute atomic E-state index is 13.8. The highest BCUT2D eigenvalue weighted by Crippen LogP contribution is 2.21. The molecule has 3 aromatic carbocycles. The van der Waals surface area contributed by atoms with Crippen LogP contribution in [0.3, 0.4) is 0 Å². The molecule has 0 amide bonds. The van der Waals surface area contributed by atoms with E-state index in [0.29, 0.717) is 11.1 Å². The van der Waals surface area contributed by atoms with Crippen molar-refractivity contribution >= 4 is 22.6 Å². The molecule has 0 fully saturated rings. The zero-order valence-electron chi connectivity index (χ0n) is 12.9. The number of benzene rings is 3. The number of hydrogen-bond donors (Lipinski definition) is 0. The van der Waals surface area contributed by atoms with Gasteiger partial charge in [-0.2, -0.15) is 0 Å². The topological polar surface area (TPSA) is 0 Å². The molecular formula is C21H13F2I. The fraction of sp³-hybridized carbons (Fsp3) is 0.0476. The molecule has 0 saturated carbocycles. The molecule has 3 heteroatoms. The number of rotatable bonds is 1. The van der Waals surface area contributed by atoms with Crippen LogP contribution in [0.15, 0.2) is 60.7 Å². The van der Waals surface area contributed by atoms with E-state index in [9.17, 15) is 8.78 Å². The molecule has 3 rings (SSSR count). The molecule has 0 saturated heterocycles. The minimum absolute atomic E-state index is 0.192. The average molecular weight is 430 g/mol. The Morgan fingerprint density at radius 1 is 0.750 bits per heavy atom. The van der Waals surface area contributed by atoms with Gasteiger partial charge in [-0.15, -0.1) is 0 Å². The molecule has 0 bridgehead atoms. The average Bonchev–Trinajstić information content (AvgIpc) is 2.55. The first-order valence-corrected chi connectivity index (χ1v) is 8.44. The van der Waals surface area contributed by atoms with Gasteiger partial charge in [0, 0.05) is 9.13 Å². The van der Waals surface area contributed by atoms with E-state index in [1.807, 2.05) is 36.4 Å². The first kappa shape index (κ1) is 16.7. The zero-order chi connectivity index (χ0) is 17.1. The van der Waals surface area contributed by atoms with Gasteiger partial charge in [-0.25, -0.2) is 8.78 Å². The Kier molecular flexibility index (Phi) is 4.96. The van der Waals surface area contributed by atoms with Gasteiger partial charge in [-0.3, -0.25) is 0 Å². The summed E-state index contributed by atoms with van der Waals surface area (Å²) >= 11 is 2.27. The van der Waals surface area contributed by atoms with E-state index < -0.39 is 11.6 Å². The molecule has 0 heterocycles. The molecule has 0 aliphatic heterocycles. The van der Waals surface area contributed by atoms with Crippen molar-refractivity contribution in [2.45, 2.75) is 6.92 Å². The van der Waals surface area contributed by atoms with Crippen LogP contribution in [0.2, 0.25) is 0 Å². The van der Waals surface area contributed by atoms with Gasteiger partial charge < -0.3 is 0 Å². The first-order valence-electron chi connectivity index (χ1n) is 7.36. The molecule has 0 aliphatic carbocycles. The summed E-state index contributed by atoms with van der Waals surface area (Å²) in [7, 11) is 0. The summed E-state index contributed by atoms with van der Waals surface area (Å²) in [5, 5.41) is 0. The van der Waals surface area contributed by atoms with E-state index in [2.05, 4.69) is 46.6 Å². The van der Waals surface area contributed by atoms with Crippen LogP contribution in [0.25, 0.3) is 11.1 Å². The molecule has 118 valence electrons. The fourth-order valence-corrected chi connectivity index (χ4v) is 2.70. The third kappa shape index (κ3) is 3.82. The van der Waals surface area contributed by atoms with Crippen LogP contribution >= 0.6 is 22.6 Å². The van der Waals surface area contributed by atoms with Crippen LogP contribution in [0.4, 0.5) is 8.78 Å². The Hall–Kier alpha value is -2.19. The molecule has 0 N–H and O–H groups in total. The first-order chi connectivity index (χ1) is 11.5. The summed E-state index contributed by atoms with van der Waals surface area (Å²) in [6.07, 6.45) is 0.